The number of urea groups is 1. The average molecular weight is 256 g/mol. The summed E-state index contributed by atoms with van der Waals surface area (Å²) < 4.78 is 0. The summed E-state index contributed by atoms with van der Waals surface area (Å²) in [5.41, 5.74) is 0. The second kappa shape index (κ2) is 6.61. The highest BCUT2D eigenvalue weighted by Crippen LogP contribution is 2.23. The minimum absolute atomic E-state index is 0.125. The third-order valence-electron chi connectivity index (χ3n) is 3.57. The highest BCUT2D eigenvalue weighted by molar-refractivity contribution is 5.82. The molecule has 1 rings (SSSR count). The fourth-order valence-electron chi connectivity index (χ4n) is 2.29. The van der Waals surface area contributed by atoms with Crippen LogP contribution in [-0.2, 0) is 4.79 Å². The zero-order valence-corrected chi connectivity index (χ0v) is 11.4. The Morgan fingerprint density at radius 3 is 2.17 bits per heavy atom. The SMILES string of the molecule is CC1CCC(NC(=O)N[C@@H](C(=O)O)C(C)C)CC1. The molecule has 0 aromatic rings. The minimum Gasteiger partial charge on any atom is -0.480 e. The lowest BCUT2D eigenvalue weighted by Crippen LogP contribution is -2.51. The number of carboxylic acids is 1. The summed E-state index contributed by atoms with van der Waals surface area (Å²) in [6.07, 6.45) is 4.21. The number of carbonyl (C=O) groups excluding carboxylic acids is 1. The summed E-state index contributed by atoms with van der Waals surface area (Å²) in [5, 5.41) is 14.4. The van der Waals surface area contributed by atoms with Gasteiger partial charge in [0.15, 0.2) is 0 Å². The van der Waals surface area contributed by atoms with Crippen LogP contribution in [0.2, 0.25) is 0 Å². The molecule has 1 aliphatic rings. The number of hydrogen-bond donors (Lipinski definition) is 3. The first-order valence-electron chi connectivity index (χ1n) is 6.70. The molecule has 0 unspecified atom stereocenters. The normalized spacial score (nSPS) is 25.6. The molecule has 1 saturated carbocycles. The molecule has 5 heteroatoms. The third kappa shape index (κ3) is 4.55. The van der Waals surface area contributed by atoms with Crippen molar-refractivity contribution in [2.24, 2.45) is 11.8 Å². The fourth-order valence-corrected chi connectivity index (χ4v) is 2.29. The maximum Gasteiger partial charge on any atom is 0.326 e. The lowest BCUT2D eigenvalue weighted by atomic mass is 9.87. The molecule has 2 amide bonds. The first-order chi connectivity index (χ1) is 8.40. The molecule has 0 radical (unpaired) electrons. The first-order valence-corrected chi connectivity index (χ1v) is 6.70. The molecular formula is C13H24N2O3. The summed E-state index contributed by atoms with van der Waals surface area (Å²) >= 11 is 0. The molecule has 0 aliphatic heterocycles. The molecule has 0 bridgehead atoms. The van der Waals surface area contributed by atoms with E-state index in [4.69, 9.17) is 5.11 Å². The van der Waals surface area contributed by atoms with Crippen LogP contribution < -0.4 is 10.6 Å². The predicted octanol–water partition coefficient (Wildman–Crippen LogP) is 1.97. The smallest absolute Gasteiger partial charge is 0.326 e. The van der Waals surface area contributed by atoms with Crippen molar-refractivity contribution in [3.05, 3.63) is 0 Å². The monoisotopic (exact) mass is 256 g/mol. The van der Waals surface area contributed by atoms with Gasteiger partial charge in [-0.15, -0.1) is 0 Å². The summed E-state index contributed by atoms with van der Waals surface area (Å²) in [4.78, 5) is 22.7. The second-order valence-electron chi connectivity index (χ2n) is 5.63. The Bertz CT molecular complexity index is 297. The number of rotatable bonds is 4. The first kappa shape index (κ1) is 14.8. The van der Waals surface area contributed by atoms with E-state index in [2.05, 4.69) is 17.6 Å². The molecule has 104 valence electrons. The van der Waals surface area contributed by atoms with E-state index in [0.717, 1.165) is 31.6 Å². The number of aliphatic carboxylic acids is 1. The van der Waals surface area contributed by atoms with Crippen LogP contribution in [0.3, 0.4) is 0 Å². The molecule has 1 aliphatic carbocycles. The van der Waals surface area contributed by atoms with Gasteiger partial charge >= 0.3 is 12.0 Å². The average Bonchev–Trinajstić information content (AvgIpc) is 2.28. The van der Waals surface area contributed by atoms with Crippen molar-refractivity contribution in [3.8, 4) is 0 Å². The lowest BCUT2D eigenvalue weighted by Gasteiger charge is -2.28. The third-order valence-corrected chi connectivity index (χ3v) is 3.57. The molecule has 0 heterocycles. The van der Waals surface area contributed by atoms with Gasteiger partial charge in [-0.05, 0) is 37.5 Å². The van der Waals surface area contributed by atoms with Crippen molar-refractivity contribution in [1.82, 2.24) is 10.6 Å². The van der Waals surface area contributed by atoms with Gasteiger partial charge in [0.25, 0.3) is 0 Å². The summed E-state index contributed by atoms with van der Waals surface area (Å²) in [5.74, 6) is -0.384. The Balaban J connectivity index is 2.38. The van der Waals surface area contributed by atoms with E-state index in [0.29, 0.717) is 0 Å². The van der Waals surface area contributed by atoms with Crippen LogP contribution in [0.25, 0.3) is 0 Å². The highest BCUT2D eigenvalue weighted by atomic mass is 16.4. The van der Waals surface area contributed by atoms with E-state index in [1.807, 2.05) is 0 Å². The van der Waals surface area contributed by atoms with E-state index in [9.17, 15) is 9.59 Å². The van der Waals surface area contributed by atoms with Crippen molar-refractivity contribution < 1.29 is 14.7 Å². The van der Waals surface area contributed by atoms with Gasteiger partial charge < -0.3 is 15.7 Å². The number of amides is 2. The second-order valence-corrected chi connectivity index (χ2v) is 5.63. The Labute approximate surface area is 108 Å². The van der Waals surface area contributed by atoms with Gasteiger partial charge in [0.2, 0.25) is 0 Å². The van der Waals surface area contributed by atoms with Crippen LogP contribution in [0, 0.1) is 11.8 Å². The Hall–Kier alpha value is -1.26. The standard InChI is InChI=1S/C13H24N2O3/c1-8(2)11(12(16)17)15-13(18)14-10-6-4-9(3)5-7-10/h8-11H,4-7H2,1-3H3,(H,16,17)(H2,14,15,18)/t9?,10?,11-/m1/s1. The van der Waals surface area contributed by atoms with E-state index in [1.54, 1.807) is 13.8 Å². The topological polar surface area (TPSA) is 78.4 Å². The van der Waals surface area contributed by atoms with Crippen molar-refractivity contribution >= 4 is 12.0 Å². The molecule has 0 aromatic carbocycles. The molecule has 3 N–H and O–H groups in total. The fraction of sp³-hybridized carbons (Fsp3) is 0.846. The number of nitrogens with one attached hydrogen (secondary N) is 2. The van der Waals surface area contributed by atoms with Gasteiger partial charge in [0.05, 0.1) is 0 Å². The predicted molar refractivity (Wildman–Crippen MR) is 69.3 cm³/mol. The van der Waals surface area contributed by atoms with E-state index in [-0.39, 0.29) is 18.0 Å². The van der Waals surface area contributed by atoms with Crippen LogP contribution in [0.15, 0.2) is 0 Å². The molecule has 18 heavy (non-hydrogen) atoms. The molecule has 0 spiro atoms. The summed E-state index contributed by atoms with van der Waals surface area (Å²) in [6.45, 7) is 5.78. The van der Waals surface area contributed by atoms with Crippen molar-refractivity contribution in [1.29, 1.82) is 0 Å². The Morgan fingerprint density at radius 1 is 1.17 bits per heavy atom. The molecule has 1 fully saturated rings. The van der Waals surface area contributed by atoms with Gasteiger partial charge in [-0.2, -0.15) is 0 Å². The minimum atomic E-state index is -0.989. The van der Waals surface area contributed by atoms with Crippen LogP contribution in [0.1, 0.15) is 46.5 Å². The van der Waals surface area contributed by atoms with Crippen molar-refractivity contribution in [2.75, 3.05) is 0 Å². The van der Waals surface area contributed by atoms with E-state index >= 15 is 0 Å². The Kier molecular flexibility index (Phi) is 5.44. The van der Waals surface area contributed by atoms with Gasteiger partial charge in [0, 0.05) is 6.04 Å². The zero-order valence-electron chi connectivity index (χ0n) is 11.4. The van der Waals surface area contributed by atoms with Gasteiger partial charge in [0.1, 0.15) is 6.04 Å². The molecule has 0 saturated heterocycles. The van der Waals surface area contributed by atoms with Crippen molar-refractivity contribution in [3.63, 3.8) is 0 Å². The maximum absolute atomic E-state index is 11.7. The number of carboxylic acid groups (broad SMARTS) is 1. The van der Waals surface area contributed by atoms with E-state index < -0.39 is 12.0 Å². The number of hydrogen-bond acceptors (Lipinski definition) is 2. The lowest BCUT2D eigenvalue weighted by molar-refractivity contribution is -0.140. The highest BCUT2D eigenvalue weighted by Gasteiger charge is 2.25. The molecule has 0 aromatic heterocycles. The largest absolute Gasteiger partial charge is 0.480 e. The number of carbonyl (C=O) groups is 2. The Morgan fingerprint density at radius 2 is 1.72 bits per heavy atom. The van der Waals surface area contributed by atoms with E-state index in [1.165, 1.54) is 0 Å². The quantitative estimate of drug-likeness (QED) is 0.719. The molecule has 1 atom stereocenters. The van der Waals surface area contributed by atoms with Crippen LogP contribution in [0.5, 0.6) is 0 Å². The van der Waals surface area contributed by atoms with Gasteiger partial charge in [-0.3, -0.25) is 0 Å². The molecular weight excluding hydrogens is 232 g/mol. The maximum atomic E-state index is 11.7. The zero-order chi connectivity index (χ0) is 13.7. The van der Waals surface area contributed by atoms with Gasteiger partial charge in [-0.1, -0.05) is 20.8 Å². The van der Waals surface area contributed by atoms with Gasteiger partial charge in [-0.25, -0.2) is 9.59 Å². The van der Waals surface area contributed by atoms with Crippen molar-refractivity contribution in [2.45, 2.75) is 58.5 Å². The van der Waals surface area contributed by atoms with Crippen LogP contribution >= 0.6 is 0 Å². The summed E-state index contributed by atoms with van der Waals surface area (Å²) in [7, 11) is 0. The van der Waals surface area contributed by atoms with Crippen LogP contribution in [-0.4, -0.2) is 29.2 Å². The summed E-state index contributed by atoms with van der Waals surface area (Å²) in [6, 6.07) is -1.01. The van der Waals surface area contributed by atoms with Crippen LogP contribution in [0.4, 0.5) is 4.79 Å². The molecule has 5 nitrogen and oxygen atoms in total.